The molecule has 0 atom stereocenters. The van der Waals surface area contributed by atoms with Crippen molar-refractivity contribution in [1.82, 2.24) is 9.78 Å². The van der Waals surface area contributed by atoms with Gasteiger partial charge in [0.05, 0.1) is 6.20 Å². The number of amides is 1. The summed E-state index contributed by atoms with van der Waals surface area (Å²) in [6.45, 7) is 2.59. The fourth-order valence-electron chi connectivity index (χ4n) is 1.86. The quantitative estimate of drug-likeness (QED) is 0.868. The molecule has 0 radical (unpaired) electrons. The highest BCUT2D eigenvalue weighted by Gasteiger charge is 2.26. The average molecular weight is 343 g/mol. The zero-order chi connectivity index (χ0) is 17.3. The van der Waals surface area contributed by atoms with Gasteiger partial charge in [-0.25, -0.2) is 17.9 Å². The number of carbonyl (C=O) groups excluding carboxylic acids is 1. The lowest BCUT2D eigenvalue weighted by atomic mass is 10.2. The van der Waals surface area contributed by atoms with Gasteiger partial charge in [-0.15, -0.1) is 0 Å². The standard InChI is InChI=1S/C14H10ClF3N4O/c1-3-8(23)21-14-7(4-19)5-20-22(14)13-9(15)10(16)6(2)11(17)12(13)18/h5H,3H2,1-2H3,(H,21,23). The number of nitrogens with zero attached hydrogens (tertiary/aromatic N) is 3. The second kappa shape index (κ2) is 6.30. The molecule has 2 rings (SSSR count). The van der Waals surface area contributed by atoms with Gasteiger partial charge in [-0.3, -0.25) is 4.79 Å². The molecule has 9 heteroatoms. The van der Waals surface area contributed by atoms with Gasteiger partial charge in [0.1, 0.15) is 28.2 Å². The number of carbonyl (C=O) groups is 1. The number of aromatic nitrogens is 2. The number of anilines is 1. The first kappa shape index (κ1) is 16.8. The maximum Gasteiger partial charge on any atom is 0.225 e. The molecule has 2 aromatic rings. The highest BCUT2D eigenvalue weighted by Crippen LogP contribution is 2.33. The maximum absolute atomic E-state index is 14.2. The number of nitriles is 1. The fourth-order valence-corrected chi connectivity index (χ4v) is 2.16. The predicted octanol–water partition coefficient (Wildman–Crippen LogP) is 3.47. The molecule has 0 unspecified atom stereocenters. The summed E-state index contributed by atoms with van der Waals surface area (Å²) < 4.78 is 42.6. The molecule has 0 aliphatic rings. The first-order valence-corrected chi connectivity index (χ1v) is 6.82. The minimum atomic E-state index is -1.44. The lowest BCUT2D eigenvalue weighted by Crippen LogP contribution is -2.16. The molecule has 0 aliphatic carbocycles. The van der Waals surface area contributed by atoms with Crippen LogP contribution in [0.5, 0.6) is 0 Å². The van der Waals surface area contributed by atoms with Gasteiger partial charge in [0, 0.05) is 12.0 Å². The molecule has 1 aromatic carbocycles. The lowest BCUT2D eigenvalue weighted by Gasteiger charge is -2.13. The average Bonchev–Trinajstić information content (AvgIpc) is 2.93. The minimum absolute atomic E-state index is 0.0723. The summed E-state index contributed by atoms with van der Waals surface area (Å²) in [4.78, 5) is 11.6. The Morgan fingerprint density at radius 1 is 1.39 bits per heavy atom. The summed E-state index contributed by atoms with van der Waals surface area (Å²) in [5.41, 5.74) is -1.41. The number of rotatable bonds is 3. The van der Waals surface area contributed by atoms with Crippen LogP contribution in [0.1, 0.15) is 24.5 Å². The fraction of sp³-hybridized carbons (Fsp3) is 0.214. The van der Waals surface area contributed by atoms with E-state index in [0.717, 1.165) is 13.1 Å². The smallest absolute Gasteiger partial charge is 0.225 e. The zero-order valence-corrected chi connectivity index (χ0v) is 12.8. The van der Waals surface area contributed by atoms with Crippen LogP contribution < -0.4 is 5.32 Å². The van der Waals surface area contributed by atoms with Crippen LogP contribution in [0.3, 0.4) is 0 Å². The van der Waals surface area contributed by atoms with Gasteiger partial charge >= 0.3 is 0 Å². The largest absolute Gasteiger partial charge is 0.309 e. The molecular weight excluding hydrogens is 333 g/mol. The van der Waals surface area contributed by atoms with E-state index in [0.29, 0.717) is 4.68 Å². The Kier molecular flexibility index (Phi) is 4.61. The van der Waals surface area contributed by atoms with Crippen LogP contribution in [-0.4, -0.2) is 15.7 Å². The summed E-state index contributed by atoms with van der Waals surface area (Å²) in [6, 6.07) is 1.74. The van der Waals surface area contributed by atoms with Crippen molar-refractivity contribution in [1.29, 1.82) is 5.26 Å². The molecular formula is C14H10ClF3N4O. The molecule has 0 spiro atoms. The second-order valence-electron chi connectivity index (χ2n) is 4.56. The van der Waals surface area contributed by atoms with E-state index in [-0.39, 0.29) is 17.8 Å². The van der Waals surface area contributed by atoms with Crippen molar-refractivity contribution in [3.63, 3.8) is 0 Å². The SMILES string of the molecule is CCC(=O)Nc1c(C#N)cnn1-c1c(F)c(F)c(C)c(F)c1Cl. The summed E-state index contributed by atoms with van der Waals surface area (Å²) in [5.74, 6) is -4.73. The Hall–Kier alpha value is -2.53. The van der Waals surface area contributed by atoms with Crippen molar-refractivity contribution >= 4 is 23.3 Å². The summed E-state index contributed by atoms with van der Waals surface area (Å²) in [7, 11) is 0. The van der Waals surface area contributed by atoms with E-state index in [9.17, 15) is 18.0 Å². The van der Waals surface area contributed by atoms with Crippen LogP contribution >= 0.6 is 11.6 Å². The number of nitrogens with one attached hydrogen (secondary N) is 1. The van der Waals surface area contributed by atoms with E-state index in [1.807, 2.05) is 0 Å². The van der Waals surface area contributed by atoms with Crippen LogP contribution in [0.4, 0.5) is 19.0 Å². The third kappa shape index (κ3) is 2.75. The van der Waals surface area contributed by atoms with Gasteiger partial charge in [0.15, 0.2) is 17.5 Å². The normalized spacial score (nSPS) is 10.5. The minimum Gasteiger partial charge on any atom is -0.309 e. The van der Waals surface area contributed by atoms with Crippen molar-refractivity contribution in [3.8, 4) is 11.8 Å². The van der Waals surface area contributed by atoms with Gasteiger partial charge in [0.2, 0.25) is 5.91 Å². The van der Waals surface area contributed by atoms with Crippen LogP contribution in [0, 0.1) is 35.7 Å². The Labute approximate surface area is 134 Å². The highest BCUT2D eigenvalue weighted by atomic mass is 35.5. The van der Waals surface area contributed by atoms with E-state index in [2.05, 4.69) is 10.4 Å². The van der Waals surface area contributed by atoms with Gasteiger partial charge in [-0.2, -0.15) is 10.4 Å². The van der Waals surface area contributed by atoms with Gasteiger partial charge < -0.3 is 5.32 Å². The third-order valence-electron chi connectivity index (χ3n) is 3.14. The lowest BCUT2D eigenvalue weighted by molar-refractivity contribution is -0.115. The third-order valence-corrected chi connectivity index (χ3v) is 3.49. The Bertz CT molecular complexity index is 813. The van der Waals surface area contributed by atoms with E-state index in [1.165, 1.54) is 0 Å². The van der Waals surface area contributed by atoms with Crippen molar-refractivity contribution in [2.75, 3.05) is 5.32 Å². The van der Waals surface area contributed by atoms with Crippen LogP contribution in [-0.2, 0) is 4.79 Å². The molecule has 0 aliphatic heterocycles. The van der Waals surface area contributed by atoms with E-state index in [4.69, 9.17) is 16.9 Å². The molecule has 0 saturated carbocycles. The van der Waals surface area contributed by atoms with E-state index in [1.54, 1.807) is 13.0 Å². The summed E-state index contributed by atoms with van der Waals surface area (Å²) in [6.07, 6.45) is 1.10. The van der Waals surface area contributed by atoms with Crippen LogP contribution in [0.15, 0.2) is 6.20 Å². The predicted molar refractivity (Wildman–Crippen MR) is 76.8 cm³/mol. The highest BCUT2D eigenvalue weighted by molar-refractivity contribution is 6.32. The van der Waals surface area contributed by atoms with Gasteiger partial charge in [-0.1, -0.05) is 18.5 Å². The monoisotopic (exact) mass is 342 g/mol. The molecule has 1 heterocycles. The van der Waals surface area contributed by atoms with E-state index < -0.39 is 39.6 Å². The van der Waals surface area contributed by atoms with Gasteiger partial charge in [0.25, 0.3) is 0 Å². The van der Waals surface area contributed by atoms with Crippen molar-refractivity contribution in [2.45, 2.75) is 20.3 Å². The molecule has 5 nitrogen and oxygen atoms in total. The second-order valence-corrected chi connectivity index (χ2v) is 4.94. The topological polar surface area (TPSA) is 70.7 Å². The van der Waals surface area contributed by atoms with E-state index >= 15 is 0 Å². The summed E-state index contributed by atoms with van der Waals surface area (Å²) >= 11 is 5.77. The Balaban J connectivity index is 2.76. The molecule has 1 aromatic heterocycles. The Morgan fingerprint density at radius 2 is 2.04 bits per heavy atom. The van der Waals surface area contributed by atoms with Crippen LogP contribution in [0.2, 0.25) is 5.02 Å². The molecule has 0 fully saturated rings. The molecule has 1 amide bonds. The molecule has 23 heavy (non-hydrogen) atoms. The number of hydrogen-bond donors (Lipinski definition) is 1. The first-order chi connectivity index (χ1) is 10.8. The molecule has 0 bridgehead atoms. The molecule has 0 saturated heterocycles. The summed E-state index contributed by atoms with van der Waals surface area (Å²) in [5, 5.41) is 14.4. The zero-order valence-electron chi connectivity index (χ0n) is 12.0. The number of benzene rings is 1. The maximum atomic E-state index is 14.2. The van der Waals surface area contributed by atoms with Crippen molar-refractivity contribution in [3.05, 3.63) is 39.8 Å². The first-order valence-electron chi connectivity index (χ1n) is 6.44. The van der Waals surface area contributed by atoms with Crippen molar-refractivity contribution in [2.24, 2.45) is 0 Å². The van der Waals surface area contributed by atoms with Crippen LogP contribution in [0.25, 0.3) is 5.69 Å². The Morgan fingerprint density at radius 3 is 2.61 bits per heavy atom. The number of hydrogen-bond acceptors (Lipinski definition) is 3. The van der Waals surface area contributed by atoms with Crippen molar-refractivity contribution < 1.29 is 18.0 Å². The number of halogens is 4. The van der Waals surface area contributed by atoms with Gasteiger partial charge in [-0.05, 0) is 6.92 Å². The molecule has 120 valence electrons. The molecule has 1 N–H and O–H groups in total.